The van der Waals surface area contributed by atoms with Gasteiger partial charge in [0.05, 0.1) is 6.61 Å². The minimum Gasteiger partial charge on any atom is -0.462 e. The molecule has 2 aliphatic rings. The maximum atomic E-state index is 13.6. The van der Waals surface area contributed by atoms with Crippen molar-refractivity contribution in [1.82, 2.24) is 0 Å². The van der Waals surface area contributed by atoms with Crippen molar-refractivity contribution in [2.24, 2.45) is 5.73 Å². The summed E-state index contributed by atoms with van der Waals surface area (Å²) in [6, 6.07) is 16.0. The molecule has 0 radical (unpaired) electrons. The zero-order valence-corrected chi connectivity index (χ0v) is 19.1. The van der Waals surface area contributed by atoms with Crippen LogP contribution in [0.3, 0.4) is 0 Å². The topological polar surface area (TPSA) is 117 Å². The number of hydrogen-bond acceptors (Lipinski definition) is 7. The highest BCUT2D eigenvalue weighted by molar-refractivity contribution is 6.21. The normalized spacial score (nSPS) is 18.9. The summed E-state index contributed by atoms with van der Waals surface area (Å²) >= 11 is 0. The monoisotopic (exact) mass is 462 g/mol. The maximum absolute atomic E-state index is 13.6. The van der Waals surface area contributed by atoms with Crippen LogP contribution in [0.5, 0.6) is 0 Å². The summed E-state index contributed by atoms with van der Waals surface area (Å²) in [4.78, 5) is 40.4. The molecule has 0 aromatic heterocycles. The second-order valence-corrected chi connectivity index (χ2v) is 8.07. The summed E-state index contributed by atoms with van der Waals surface area (Å²) < 4.78 is 16.6. The first kappa shape index (κ1) is 23.1. The molecule has 0 aliphatic carbocycles. The van der Waals surface area contributed by atoms with Gasteiger partial charge in [-0.25, -0.2) is 9.59 Å². The quantitative estimate of drug-likeness (QED) is 0.478. The number of benzene rings is 2. The van der Waals surface area contributed by atoms with E-state index >= 15 is 0 Å². The second-order valence-electron chi connectivity index (χ2n) is 8.07. The van der Waals surface area contributed by atoms with Crippen LogP contribution in [0.2, 0.25) is 0 Å². The summed E-state index contributed by atoms with van der Waals surface area (Å²) in [5, 5.41) is 2.78. The summed E-state index contributed by atoms with van der Waals surface area (Å²) in [5.41, 5.74) is 5.60. The molecule has 2 aromatic carbocycles. The van der Waals surface area contributed by atoms with Gasteiger partial charge >= 0.3 is 11.9 Å². The van der Waals surface area contributed by atoms with E-state index in [-0.39, 0.29) is 36.0 Å². The largest absolute Gasteiger partial charge is 0.462 e. The molecule has 0 bridgehead atoms. The predicted octanol–water partition coefficient (Wildman–Crippen LogP) is 3.44. The molecular weight excluding hydrogens is 436 g/mol. The molecule has 8 heteroatoms. The van der Waals surface area contributed by atoms with Crippen LogP contribution in [0, 0.1) is 0 Å². The summed E-state index contributed by atoms with van der Waals surface area (Å²) in [6.45, 7) is 3.59. The Kier molecular flexibility index (Phi) is 6.40. The highest BCUT2D eigenvalue weighted by Crippen LogP contribution is 2.52. The molecular formula is C26H26N2O6. The SMILES string of the molecule is CCCCOC(=O)C1=C(N)OC(C)=C(C(=O)OCc2ccccc2)C12C(=O)Nc1ccccc12. The average Bonchev–Trinajstić information content (AvgIpc) is 3.10. The lowest BCUT2D eigenvalue weighted by Gasteiger charge is -2.35. The van der Waals surface area contributed by atoms with Crippen LogP contribution < -0.4 is 11.1 Å². The Morgan fingerprint density at radius 3 is 2.41 bits per heavy atom. The third-order valence-corrected chi connectivity index (χ3v) is 5.88. The van der Waals surface area contributed by atoms with Gasteiger partial charge in [-0.3, -0.25) is 4.79 Å². The third kappa shape index (κ3) is 3.81. The number of nitrogens with two attached hydrogens (primary N) is 1. The number of anilines is 1. The number of para-hydroxylation sites is 1. The fourth-order valence-electron chi connectivity index (χ4n) is 4.32. The number of unbranched alkanes of at least 4 members (excludes halogenated alkanes) is 1. The van der Waals surface area contributed by atoms with E-state index in [0.29, 0.717) is 17.7 Å². The molecule has 34 heavy (non-hydrogen) atoms. The Bertz CT molecular complexity index is 1200. The van der Waals surface area contributed by atoms with Crippen molar-refractivity contribution in [3.05, 3.63) is 88.5 Å². The van der Waals surface area contributed by atoms with Gasteiger partial charge < -0.3 is 25.3 Å². The lowest BCUT2D eigenvalue weighted by Crippen LogP contribution is -2.48. The molecule has 1 atom stereocenters. The van der Waals surface area contributed by atoms with Crippen molar-refractivity contribution < 1.29 is 28.6 Å². The number of esters is 2. The molecule has 3 N–H and O–H groups in total. The van der Waals surface area contributed by atoms with Gasteiger partial charge in [0, 0.05) is 11.3 Å². The Morgan fingerprint density at radius 2 is 1.68 bits per heavy atom. The van der Waals surface area contributed by atoms with Crippen molar-refractivity contribution >= 4 is 23.5 Å². The van der Waals surface area contributed by atoms with E-state index < -0.39 is 23.3 Å². The van der Waals surface area contributed by atoms with Crippen LogP contribution in [-0.4, -0.2) is 24.5 Å². The zero-order valence-electron chi connectivity index (χ0n) is 19.1. The molecule has 2 heterocycles. The van der Waals surface area contributed by atoms with Gasteiger partial charge in [-0.2, -0.15) is 0 Å². The average molecular weight is 463 g/mol. The summed E-state index contributed by atoms with van der Waals surface area (Å²) in [5.74, 6) is -2.43. The van der Waals surface area contributed by atoms with E-state index in [1.54, 1.807) is 24.3 Å². The molecule has 2 aliphatic heterocycles. The number of rotatable bonds is 7. The molecule has 0 saturated heterocycles. The first-order chi connectivity index (χ1) is 16.4. The van der Waals surface area contributed by atoms with Crippen LogP contribution in [0.1, 0.15) is 37.8 Å². The predicted molar refractivity (Wildman–Crippen MR) is 124 cm³/mol. The fraction of sp³-hybridized carbons (Fsp3) is 0.269. The van der Waals surface area contributed by atoms with Crippen molar-refractivity contribution in [1.29, 1.82) is 0 Å². The molecule has 4 rings (SSSR count). The van der Waals surface area contributed by atoms with Crippen molar-refractivity contribution in [3.8, 4) is 0 Å². The molecule has 0 saturated carbocycles. The van der Waals surface area contributed by atoms with Gasteiger partial charge in [-0.1, -0.05) is 61.9 Å². The third-order valence-electron chi connectivity index (χ3n) is 5.88. The van der Waals surface area contributed by atoms with Gasteiger partial charge in [0.2, 0.25) is 11.8 Å². The van der Waals surface area contributed by atoms with Crippen LogP contribution in [0.4, 0.5) is 5.69 Å². The smallest absolute Gasteiger partial charge is 0.341 e. The zero-order chi connectivity index (χ0) is 24.3. The number of carbonyl (C=O) groups is 3. The Balaban J connectivity index is 1.82. The Labute approximate surface area is 197 Å². The molecule has 2 aromatic rings. The molecule has 176 valence electrons. The lowest BCUT2D eigenvalue weighted by atomic mass is 9.67. The molecule has 1 unspecified atom stereocenters. The number of allylic oxidation sites excluding steroid dienone is 1. The molecule has 1 amide bonds. The van der Waals surface area contributed by atoms with Crippen LogP contribution in [-0.2, 0) is 40.6 Å². The highest BCUT2D eigenvalue weighted by Gasteiger charge is 2.61. The maximum Gasteiger partial charge on any atom is 0.341 e. The fourth-order valence-corrected chi connectivity index (χ4v) is 4.32. The number of amides is 1. The van der Waals surface area contributed by atoms with E-state index in [4.69, 9.17) is 19.9 Å². The summed E-state index contributed by atoms with van der Waals surface area (Å²) in [7, 11) is 0. The molecule has 8 nitrogen and oxygen atoms in total. The Morgan fingerprint density at radius 1 is 1.00 bits per heavy atom. The van der Waals surface area contributed by atoms with E-state index in [2.05, 4.69) is 5.32 Å². The van der Waals surface area contributed by atoms with Crippen molar-refractivity contribution in [3.63, 3.8) is 0 Å². The van der Waals surface area contributed by atoms with Crippen LogP contribution >= 0.6 is 0 Å². The molecule has 1 spiro atoms. The minimum atomic E-state index is -1.86. The number of ether oxygens (including phenoxy) is 3. The minimum absolute atomic E-state index is 0.0225. The molecule has 0 fully saturated rings. The Hall–Kier alpha value is -4.07. The lowest BCUT2D eigenvalue weighted by molar-refractivity contribution is -0.144. The number of nitrogens with one attached hydrogen (secondary N) is 1. The van der Waals surface area contributed by atoms with E-state index in [1.807, 2.05) is 37.3 Å². The van der Waals surface area contributed by atoms with Crippen LogP contribution in [0.15, 0.2) is 77.4 Å². The van der Waals surface area contributed by atoms with Crippen molar-refractivity contribution in [2.75, 3.05) is 11.9 Å². The van der Waals surface area contributed by atoms with Gasteiger partial charge in [0.1, 0.15) is 28.9 Å². The van der Waals surface area contributed by atoms with Gasteiger partial charge in [-0.15, -0.1) is 0 Å². The number of hydrogen-bond donors (Lipinski definition) is 2. The van der Waals surface area contributed by atoms with E-state index in [1.165, 1.54) is 6.92 Å². The number of fused-ring (bicyclic) bond motifs is 2. The van der Waals surface area contributed by atoms with E-state index in [9.17, 15) is 14.4 Å². The van der Waals surface area contributed by atoms with Gasteiger partial charge in [0.25, 0.3) is 0 Å². The number of carbonyl (C=O) groups excluding carboxylic acids is 3. The van der Waals surface area contributed by atoms with E-state index in [0.717, 1.165) is 12.0 Å². The first-order valence-corrected chi connectivity index (χ1v) is 11.1. The standard InChI is InChI=1S/C26H26N2O6/c1-3-4-14-32-24(30)21-22(27)34-16(2)20(23(29)33-15-17-10-6-5-7-11-17)26(21)18-12-8-9-13-19(18)28-25(26)31/h5-13H,3-4,14-15,27H2,1-2H3,(H,28,31). The van der Waals surface area contributed by atoms with Gasteiger partial charge in [-0.05, 0) is 25.0 Å². The second kappa shape index (κ2) is 9.43. The summed E-state index contributed by atoms with van der Waals surface area (Å²) in [6.07, 6.45) is 1.44. The van der Waals surface area contributed by atoms with Gasteiger partial charge in [0.15, 0.2) is 0 Å². The van der Waals surface area contributed by atoms with Crippen LogP contribution in [0.25, 0.3) is 0 Å². The first-order valence-electron chi connectivity index (χ1n) is 11.1. The van der Waals surface area contributed by atoms with Crippen molar-refractivity contribution in [2.45, 2.75) is 38.7 Å². The highest BCUT2D eigenvalue weighted by atomic mass is 16.5.